The second kappa shape index (κ2) is 7.17. The van der Waals surface area contributed by atoms with Crippen molar-refractivity contribution >= 4 is 22.4 Å². The lowest BCUT2D eigenvalue weighted by atomic mass is 10.0. The van der Waals surface area contributed by atoms with E-state index in [9.17, 15) is 4.79 Å². The van der Waals surface area contributed by atoms with E-state index in [-0.39, 0.29) is 5.91 Å². The van der Waals surface area contributed by atoms with Gasteiger partial charge in [-0.3, -0.25) is 10.1 Å². The number of hydrogen-bond donors (Lipinski definition) is 1. The van der Waals surface area contributed by atoms with Crippen molar-refractivity contribution < 1.29 is 4.79 Å². The minimum atomic E-state index is -0.218. The van der Waals surface area contributed by atoms with Crippen LogP contribution in [0.25, 0.3) is 16.9 Å². The van der Waals surface area contributed by atoms with Crippen LogP contribution in [0.4, 0.5) is 5.13 Å². The number of hydrogen-bond acceptors (Lipinski definition) is 4. The van der Waals surface area contributed by atoms with Crippen LogP contribution in [-0.4, -0.2) is 20.7 Å². The number of anilines is 1. The minimum absolute atomic E-state index is 0.218. The first-order valence-corrected chi connectivity index (χ1v) is 9.44. The van der Waals surface area contributed by atoms with Crippen molar-refractivity contribution in [2.24, 2.45) is 0 Å². The van der Waals surface area contributed by atoms with E-state index in [0.29, 0.717) is 16.4 Å². The van der Waals surface area contributed by atoms with Crippen molar-refractivity contribution in [1.82, 2.24) is 14.8 Å². The zero-order valence-electron chi connectivity index (χ0n) is 15.0. The summed E-state index contributed by atoms with van der Waals surface area (Å²) in [5.41, 5.74) is 4.96. The molecule has 2 heterocycles. The summed E-state index contributed by atoms with van der Waals surface area (Å²) >= 11 is 1.41. The Hall–Kier alpha value is -3.25. The first-order valence-electron chi connectivity index (χ1n) is 8.56. The summed E-state index contributed by atoms with van der Waals surface area (Å²) in [7, 11) is 0. The number of amides is 1. The zero-order valence-corrected chi connectivity index (χ0v) is 15.8. The molecule has 0 fully saturated rings. The van der Waals surface area contributed by atoms with E-state index in [1.165, 1.54) is 11.3 Å². The van der Waals surface area contributed by atoms with Gasteiger partial charge in [-0.1, -0.05) is 42.5 Å². The Morgan fingerprint density at radius 1 is 1.04 bits per heavy atom. The monoisotopic (exact) mass is 374 g/mol. The summed E-state index contributed by atoms with van der Waals surface area (Å²) in [5.74, 6) is -0.218. The Labute approximate surface area is 161 Å². The highest BCUT2D eigenvalue weighted by molar-refractivity contribution is 7.13. The maximum atomic E-state index is 13.0. The first kappa shape index (κ1) is 17.2. The van der Waals surface area contributed by atoms with Gasteiger partial charge in [0.25, 0.3) is 5.91 Å². The van der Waals surface area contributed by atoms with Gasteiger partial charge in [-0.25, -0.2) is 9.67 Å². The Balaban J connectivity index is 1.80. The van der Waals surface area contributed by atoms with Gasteiger partial charge in [-0.05, 0) is 31.5 Å². The molecule has 0 aliphatic heterocycles. The summed E-state index contributed by atoms with van der Waals surface area (Å²) in [6.45, 7) is 3.92. The molecule has 1 N–H and O–H groups in total. The van der Waals surface area contributed by atoms with E-state index in [4.69, 9.17) is 5.10 Å². The average molecular weight is 374 g/mol. The van der Waals surface area contributed by atoms with E-state index in [1.807, 2.05) is 73.8 Å². The van der Waals surface area contributed by atoms with Gasteiger partial charge < -0.3 is 0 Å². The molecule has 2 aromatic heterocycles. The SMILES string of the molecule is Cc1csc(NC(=O)c2cn(-c3ccccc3)nc2-c2ccccc2C)n1. The third kappa shape index (κ3) is 3.52. The molecular weight excluding hydrogens is 356 g/mol. The molecule has 2 aromatic carbocycles. The van der Waals surface area contributed by atoms with Crippen molar-refractivity contribution in [1.29, 1.82) is 0 Å². The fourth-order valence-electron chi connectivity index (χ4n) is 2.87. The molecule has 0 atom stereocenters. The van der Waals surface area contributed by atoms with E-state index >= 15 is 0 Å². The molecule has 0 saturated carbocycles. The number of aromatic nitrogens is 3. The normalized spacial score (nSPS) is 10.7. The first-order chi connectivity index (χ1) is 13.1. The fraction of sp³-hybridized carbons (Fsp3) is 0.0952. The van der Waals surface area contributed by atoms with Crippen LogP contribution >= 0.6 is 11.3 Å². The molecule has 0 spiro atoms. The number of carbonyl (C=O) groups is 1. The van der Waals surface area contributed by atoms with Crippen LogP contribution in [0.3, 0.4) is 0 Å². The molecule has 4 rings (SSSR count). The Morgan fingerprint density at radius 3 is 2.48 bits per heavy atom. The lowest BCUT2D eigenvalue weighted by Gasteiger charge is -2.05. The number of benzene rings is 2. The van der Waals surface area contributed by atoms with Gasteiger partial charge in [0.2, 0.25) is 0 Å². The van der Waals surface area contributed by atoms with Gasteiger partial charge >= 0.3 is 0 Å². The van der Waals surface area contributed by atoms with E-state index in [1.54, 1.807) is 10.9 Å². The standard InChI is InChI=1S/C21H18N4OS/c1-14-8-6-7-11-17(14)19-18(20(26)23-21-22-15(2)13-27-21)12-25(24-19)16-9-4-3-5-10-16/h3-13H,1-2H3,(H,22,23,26). The van der Waals surface area contributed by atoms with Crippen LogP contribution in [0.2, 0.25) is 0 Å². The van der Waals surface area contributed by atoms with Crippen molar-refractivity contribution in [2.75, 3.05) is 5.32 Å². The highest BCUT2D eigenvalue weighted by Gasteiger charge is 2.20. The van der Waals surface area contributed by atoms with E-state index in [0.717, 1.165) is 22.5 Å². The quantitative estimate of drug-likeness (QED) is 0.555. The Morgan fingerprint density at radius 2 is 1.78 bits per heavy atom. The summed E-state index contributed by atoms with van der Waals surface area (Å²) in [6, 6.07) is 17.7. The summed E-state index contributed by atoms with van der Waals surface area (Å²) < 4.78 is 1.74. The molecule has 0 aliphatic carbocycles. The van der Waals surface area contributed by atoms with Crippen molar-refractivity contribution in [3.63, 3.8) is 0 Å². The lowest BCUT2D eigenvalue weighted by molar-refractivity contribution is 0.102. The summed E-state index contributed by atoms with van der Waals surface area (Å²) in [6.07, 6.45) is 1.77. The van der Waals surface area contributed by atoms with Crippen LogP contribution in [0.5, 0.6) is 0 Å². The second-order valence-electron chi connectivity index (χ2n) is 6.23. The van der Waals surface area contributed by atoms with Gasteiger partial charge in [-0.2, -0.15) is 5.10 Å². The summed E-state index contributed by atoms with van der Waals surface area (Å²) in [4.78, 5) is 17.3. The van der Waals surface area contributed by atoms with Gasteiger partial charge in [-0.15, -0.1) is 11.3 Å². The van der Waals surface area contributed by atoms with Crippen LogP contribution in [0.15, 0.2) is 66.2 Å². The molecule has 5 nitrogen and oxygen atoms in total. The molecule has 0 aliphatic rings. The van der Waals surface area contributed by atoms with E-state index in [2.05, 4.69) is 10.3 Å². The molecule has 134 valence electrons. The highest BCUT2D eigenvalue weighted by atomic mass is 32.1. The Bertz CT molecular complexity index is 1100. The van der Waals surface area contributed by atoms with Crippen molar-refractivity contribution in [3.8, 4) is 16.9 Å². The fourth-order valence-corrected chi connectivity index (χ4v) is 3.55. The number of nitrogens with zero attached hydrogens (tertiary/aromatic N) is 3. The van der Waals surface area contributed by atoms with Crippen LogP contribution in [0, 0.1) is 13.8 Å². The molecule has 0 unspecified atom stereocenters. The average Bonchev–Trinajstić information content (AvgIpc) is 3.29. The highest BCUT2D eigenvalue weighted by Crippen LogP contribution is 2.27. The van der Waals surface area contributed by atoms with Crippen LogP contribution in [0.1, 0.15) is 21.6 Å². The Kier molecular flexibility index (Phi) is 4.56. The van der Waals surface area contributed by atoms with Crippen LogP contribution < -0.4 is 5.32 Å². The molecule has 27 heavy (non-hydrogen) atoms. The van der Waals surface area contributed by atoms with Gasteiger partial charge in [0.1, 0.15) is 5.69 Å². The number of para-hydroxylation sites is 1. The maximum absolute atomic E-state index is 13.0. The van der Waals surface area contributed by atoms with E-state index < -0.39 is 0 Å². The van der Waals surface area contributed by atoms with Crippen LogP contribution in [-0.2, 0) is 0 Å². The predicted molar refractivity (Wildman–Crippen MR) is 109 cm³/mol. The largest absolute Gasteiger partial charge is 0.298 e. The zero-order chi connectivity index (χ0) is 18.8. The molecule has 6 heteroatoms. The van der Waals surface area contributed by atoms with Crippen molar-refractivity contribution in [3.05, 3.63) is 83.0 Å². The topological polar surface area (TPSA) is 59.8 Å². The molecule has 0 radical (unpaired) electrons. The third-order valence-electron chi connectivity index (χ3n) is 4.22. The molecule has 1 amide bonds. The number of carbonyl (C=O) groups excluding carboxylic acids is 1. The number of aryl methyl sites for hydroxylation is 2. The predicted octanol–water partition coefficient (Wildman–Crippen LogP) is 4.86. The molecule has 4 aromatic rings. The van der Waals surface area contributed by atoms with Gasteiger partial charge in [0, 0.05) is 17.1 Å². The lowest BCUT2D eigenvalue weighted by Crippen LogP contribution is -2.12. The minimum Gasteiger partial charge on any atom is -0.298 e. The van der Waals surface area contributed by atoms with Gasteiger partial charge in [0.15, 0.2) is 5.13 Å². The number of nitrogens with one attached hydrogen (secondary N) is 1. The number of rotatable bonds is 4. The summed E-state index contributed by atoms with van der Waals surface area (Å²) in [5, 5.41) is 10.1. The maximum Gasteiger partial charge on any atom is 0.261 e. The smallest absolute Gasteiger partial charge is 0.261 e. The third-order valence-corrected chi connectivity index (χ3v) is 5.09. The number of thiazole rings is 1. The molecule has 0 saturated heterocycles. The molecule has 0 bridgehead atoms. The van der Waals surface area contributed by atoms with Gasteiger partial charge in [0.05, 0.1) is 16.9 Å². The second-order valence-corrected chi connectivity index (χ2v) is 7.09. The van der Waals surface area contributed by atoms with Crippen molar-refractivity contribution in [2.45, 2.75) is 13.8 Å². The molecular formula is C21H18N4OS.